The molecule has 0 aliphatic carbocycles. The monoisotopic (exact) mass is 364 g/mol. The smallest absolute Gasteiger partial charge is 0.0426 e. The van der Waals surface area contributed by atoms with Crippen LogP contribution >= 0.6 is 27.5 Å². The molecule has 4 heteroatoms. The summed E-state index contributed by atoms with van der Waals surface area (Å²) < 4.78 is 0. The van der Waals surface area contributed by atoms with Crippen molar-refractivity contribution in [1.29, 1.82) is 0 Å². The van der Waals surface area contributed by atoms with E-state index in [2.05, 4.69) is 56.1 Å². The molecule has 0 saturated carbocycles. The molecule has 0 unspecified atom stereocenters. The highest BCUT2D eigenvalue weighted by Crippen LogP contribution is 2.23. The van der Waals surface area contributed by atoms with Gasteiger partial charge in [0, 0.05) is 47.9 Å². The van der Waals surface area contributed by atoms with E-state index in [4.69, 9.17) is 11.6 Å². The second-order valence-corrected chi connectivity index (χ2v) is 6.25. The first-order valence-corrected chi connectivity index (χ1v) is 8.66. The molecule has 1 fully saturated rings. The van der Waals surface area contributed by atoms with Crippen LogP contribution < -0.4 is 9.80 Å². The Balaban J connectivity index is 1.64. The number of anilines is 2. The minimum atomic E-state index is 0.806. The highest BCUT2D eigenvalue weighted by molar-refractivity contribution is 9.08. The first kappa shape index (κ1) is 14.7. The molecule has 2 nitrogen and oxygen atoms in total. The zero-order valence-electron chi connectivity index (χ0n) is 11.8. The summed E-state index contributed by atoms with van der Waals surface area (Å²) in [5.74, 6) is 0. The van der Waals surface area contributed by atoms with Gasteiger partial charge in [-0.15, -0.1) is 0 Å². The summed E-state index contributed by atoms with van der Waals surface area (Å²) >= 11 is 9.56. The number of benzene rings is 2. The van der Waals surface area contributed by atoms with Gasteiger partial charge in [0.1, 0.15) is 0 Å². The largest absolute Gasteiger partial charge is 0.368 e. The Morgan fingerprint density at radius 1 is 0.857 bits per heavy atom. The molecule has 2 aromatic carbocycles. The summed E-state index contributed by atoms with van der Waals surface area (Å²) in [6, 6.07) is 16.9. The van der Waals surface area contributed by atoms with Crippen LogP contribution in [-0.2, 0) is 5.33 Å². The van der Waals surface area contributed by atoms with E-state index in [9.17, 15) is 0 Å². The second kappa shape index (κ2) is 6.71. The Hall–Kier alpha value is -1.19. The predicted octanol–water partition coefficient (Wildman–Crippen LogP) is 4.56. The fraction of sp³-hybridized carbons (Fsp3) is 0.294. The topological polar surface area (TPSA) is 6.48 Å². The summed E-state index contributed by atoms with van der Waals surface area (Å²) in [4.78, 5) is 4.84. The molecular formula is C17H18BrClN2. The minimum absolute atomic E-state index is 0.806. The summed E-state index contributed by atoms with van der Waals surface area (Å²) in [5, 5.41) is 1.72. The molecule has 1 saturated heterocycles. The van der Waals surface area contributed by atoms with Crippen LogP contribution in [0.5, 0.6) is 0 Å². The van der Waals surface area contributed by atoms with Crippen LogP contribution in [0.25, 0.3) is 0 Å². The molecule has 0 aromatic heterocycles. The fourth-order valence-corrected chi connectivity index (χ4v) is 3.25. The molecule has 1 heterocycles. The number of hydrogen-bond acceptors (Lipinski definition) is 2. The lowest BCUT2D eigenvalue weighted by Crippen LogP contribution is -2.46. The maximum atomic E-state index is 6.08. The minimum Gasteiger partial charge on any atom is -0.368 e. The van der Waals surface area contributed by atoms with Gasteiger partial charge in [0.2, 0.25) is 0 Å². The van der Waals surface area contributed by atoms with Gasteiger partial charge in [0.15, 0.2) is 0 Å². The molecule has 0 atom stereocenters. The SMILES string of the molecule is Clc1cccc(N2CCN(c3ccc(CBr)cc3)CC2)c1. The lowest BCUT2D eigenvalue weighted by Gasteiger charge is -2.37. The third kappa shape index (κ3) is 3.53. The van der Waals surface area contributed by atoms with Crippen molar-refractivity contribution in [3.63, 3.8) is 0 Å². The normalized spacial score (nSPS) is 15.3. The second-order valence-electron chi connectivity index (χ2n) is 5.25. The molecular weight excluding hydrogens is 348 g/mol. The predicted molar refractivity (Wildman–Crippen MR) is 95.0 cm³/mol. The van der Waals surface area contributed by atoms with Crippen LogP contribution in [-0.4, -0.2) is 26.2 Å². The van der Waals surface area contributed by atoms with Gasteiger partial charge < -0.3 is 9.80 Å². The first-order chi connectivity index (χ1) is 10.3. The van der Waals surface area contributed by atoms with Crippen molar-refractivity contribution >= 4 is 38.9 Å². The Labute approximate surface area is 139 Å². The molecule has 110 valence electrons. The molecule has 0 spiro atoms. The van der Waals surface area contributed by atoms with Crippen molar-refractivity contribution in [2.45, 2.75) is 5.33 Å². The van der Waals surface area contributed by atoms with E-state index in [0.29, 0.717) is 0 Å². The number of alkyl halides is 1. The van der Waals surface area contributed by atoms with Crippen molar-refractivity contribution in [1.82, 2.24) is 0 Å². The van der Waals surface area contributed by atoms with Gasteiger partial charge in [-0.05, 0) is 35.9 Å². The third-order valence-corrected chi connectivity index (χ3v) is 4.79. The summed E-state index contributed by atoms with van der Waals surface area (Å²) in [5.41, 5.74) is 3.85. The molecule has 1 aliphatic heterocycles. The first-order valence-electron chi connectivity index (χ1n) is 7.16. The van der Waals surface area contributed by atoms with Crippen LogP contribution in [0.4, 0.5) is 11.4 Å². The van der Waals surface area contributed by atoms with E-state index >= 15 is 0 Å². The molecule has 0 radical (unpaired) electrons. The molecule has 1 aliphatic rings. The maximum absolute atomic E-state index is 6.08. The van der Waals surface area contributed by atoms with Crippen molar-refractivity contribution in [2.75, 3.05) is 36.0 Å². The average Bonchev–Trinajstić information content (AvgIpc) is 2.55. The number of hydrogen-bond donors (Lipinski definition) is 0. The summed E-state index contributed by atoms with van der Waals surface area (Å²) in [7, 11) is 0. The zero-order valence-corrected chi connectivity index (χ0v) is 14.1. The van der Waals surface area contributed by atoms with Crippen LogP contribution in [0.1, 0.15) is 5.56 Å². The maximum Gasteiger partial charge on any atom is 0.0426 e. The Morgan fingerprint density at radius 3 is 2.05 bits per heavy atom. The van der Waals surface area contributed by atoms with Crippen molar-refractivity contribution in [3.8, 4) is 0 Å². The number of halogens is 2. The van der Waals surface area contributed by atoms with E-state index in [0.717, 1.165) is 36.5 Å². The third-order valence-electron chi connectivity index (χ3n) is 3.91. The van der Waals surface area contributed by atoms with E-state index in [1.165, 1.54) is 16.9 Å². The zero-order chi connectivity index (χ0) is 14.7. The van der Waals surface area contributed by atoms with E-state index in [1.54, 1.807) is 0 Å². The van der Waals surface area contributed by atoms with Gasteiger partial charge in [0.25, 0.3) is 0 Å². The van der Waals surface area contributed by atoms with Crippen LogP contribution in [0.2, 0.25) is 5.02 Å². The Bertz CT molecular complexity index is 592. The standard InChI is InChI=1S/C17H18BrClN2/c18-13-14-4-6-16(7-5-14)20-8-10-21(11-9-20)17-3-1-2-15(19)12-17/h1-7,12H,8-11,13H2. The van der Waals surface area contributed by atoms with E-state index < -0.39 is 0 Å². The average molecular weight is 366 g/mol. The highest BCUT2D eigenvalue weighted by atomic mass is 79.9. The lowest BCUT2D eigenvalue weighted by atomic mass is 10.2. The molecule has 2 aromatic rings. The lowest BCUT2D eigenvalue weighted by molar-refractivity contribution is 0.653. The Morgan fingerprint density at radius 2 is 1.48 bits per heavy atom. The number of nitrogens with zero attached hydrogens (tertiary/aromatic N) is 2. The Kier molecular flexibility index (Phi) is 4.71. The fourth-order valence-electron chi connectivity index (χ4n) is 2.69. The van der Waals surface area contributed by atoms with Gasteiger partial charge in [-0.2, -0.15) is 0 Å². The summed E-state index contributed by atoms with van der Waals surface area (Å²) in [6.45, 7) is 4.14. The molecule has 21 heavy (non-hydrogen) atoms. The molecule has 0 bridgehead atoms. The van der Waals surface area contributed by atoms with Crippen LogP contribution in [0.15, 0.2) is 48.5 Å². The van der Waals surface area contributed by atoms with Gasteiger partial charge >= 0.3 is 0 Å². The highest BCUT2D eigenvalue weighted by Gasteiger charge is 2.17. The van der Waals surface area contributed by atoms with Crippen molar-refractivity contribution < 1.29 is 0 Å². The number of piperazine rings is 1. The van der Waals surface area contributed by atoms with Crippen LogP contribution in [0.3, 0.4) is 0 Å². The number of rotatable bonds is 3. The van der Waals surface area contributed by atoms with Gasteiger partial charge in [-0.25, -0.2) is 0 Å². The molecule has 3 rings (SSSR count). The van der Waals surface area contributed by atoms with Crippen molar-refractivity contribution in [2.24, 2.45) is 0 Å². The quantitative estimate of drug-likeness (QED) is 0.736. The van der Waals surface area contributed by atoms with Gasteiger partial charge in [-0.3, -0.25) is 0 Å². The molecule has 0 N–H and O–H groups in total. The molecule has 0 amide bonds. The van der Waals surface area contributed by atoms with Crippen LogP contribution in [0, 0.1) is 0 Å². The van der Waals surface area contributed by atoms with E-state index in [1.807, 2.05) is 18.2 Å². The van der Waals surface area contributed by atoms with Crippen molar-refractivity contribution in [3.05, 3.63) is 59.1 Å². The summed E-state index contributed by atoms with van der Waals surface area (Å²) in [6.07, 6.45) is 0. The van der Waals surface area contributed by atoms with E-state index in [-0.39, 0.29) is 0 Å². The van der Waals surface area contributed by atoms with Gasteiger partial charge in [-0.1, -0.05) is 45.7 Å². The van der Waals surface area contributed by atoms with Gasteiger partial charge in [0.05, 0.1) is 0 Å².